The van der Waals surface area contributed by atoms with Crippen molar-refractivity contribution in [2.75, 3.05) is 33.4 Å². The fourth-order valence-corrected chi connectivity index (χ4v) is 5.36. The fraction of sp³-hybridized carbons (Fsp3) is 0.481. The smallest absolute Gasteiger partial charge is 0.306 e. The number of esters is 1. The van der Waals surface area contributed by atoms with E-state index in [1.807, 2.05) is 26.0 Å². The van der Waals surface area contributed by atoms with E-state index >= 15 is 0 Å². The molecule has 1 aromatic heterocycles. The maximum Gasteiger partial charge on any atom is 0.306 e. The highest BCUT2D eigenvalue weighted by Gasteiger charge is 2.17. The molecular formula is C27H36N4O9S2. The lowest BCUT2D eigenvalue weighted by atomic mass is 10.1. The first-order valence-electron chi connectivity index (χ1n) is 13.2. The molecule has 1 aromatic carbocycles. The first-order chi connectivity index (χ1) is 20.2. The van der Waals surface area contributed by atoms with Gasteiger partial charge in [-0.25, -0.2) is 4.98 Å². The maximum absolute atomic E-state index is 12.4. The minimum atomic E-state index is -0.812. The number of nitrogens with one attached hydrogen (secondary N) is 2. The van der Waals surface area contributed by atoms with Crippen molar-refractivity contribution in [2.24, 2.45) is 0 Å². The molecule has 1 heterocycles. The Morgan fingerprint density at radius 3 is 2.40 bits per heavy atom. The average molecular weight is 625 g/mol. The molecule has 0 aliphatic carbocycles. The van der Waals surface area contributed by atoms with Crippen LogP contribution in [0.3, 0.4) is 0 Å². The first kappa shape index (κ1) is 35.0. The third-order valence-corrected chi connectivity index (χ3v) is 8.52. The highest BCUT2D eigenvalue weighted by molar-refractivity contribution is 8.76. The molecule has 0 fully saturated rings. The van der Waals surface area contributed by atoms with Gasteiger partial charge < -0.3 is 30.0 Å². The second-order valence-electron chi connectivity index (χ2n) is 8.86. The van der Waals surface area contributed by atoms with E-state index in [1.54, 1.807) is 18.2 Å². The van der Waals surface area contributed by atoms with Crippen molar-refractivity contribution in [3.63, 3.8) is 0 Å². The van der Waals surface area contributed by atoms with Gasteiger partial charge in [0.15, 0.2) is 6.29 Å². The number of aliphatic hydroxyl groups excluding tert-OH is 1. The quantitative estimate of drug-likeness (QED) is 0.0519. The molecule has 2 amide bonds. The number of ether oxygens (including phenoxy) is 3. The van der Waals surface area contributed by atoms with E-state index in [2.05, 4.69) is 15.6 Å². The number of carbonyl (C=O) groups is 3. The number of carbonyl (C=O) groups excluding carboxylic acids is 3. The number of nitrogens with zero attached hydrogens (tertiary/aromatic N) is 2. The van der Waals surface area contributed by atoms with Crippen LogP contribution in [0.1, 0.15) is 54.3 Å². The average Bonchev–Trinajstić information content (AvgIpc) is 3.01. The van der Waals surface area contributed by atoms with Crippen LogP contribution in [0, 0.1) is 10.1 Å². The van der Waals surface area contributed by atoms with Crippen LogP contribution >= 0.6 is 21.6 Å². The molecule has 15 heteroatoms. The van der Waals surface area contributed by atoms with Gasteiger partial charge in [-0.15, -0.1) is 0 Å². The normalized spacial score (nSPS) is 13.0. The Balaban J connectivity index is 1.63. The summed E-state index contributed by atoms with van der Waals surface area (Å²) in [6.07, 6.45) is 0.360. The van der Waals surface area contributed by atoms with E-state index in [-0.39, 0.29) is 61.9 Å². The zero-order valence-electron chi connectivity index (χ0n) is 23.6. The van der Waals surface area contributed by atoms with E-state index in [0.29, 0.717) is 17.0 Å². The molecule has 0 saturated heterocycles. The highest BCUT2D eigenvalue weighted by Crippen LogP contribution is 2.41. The van der Waals surface area contributed by atoms with Crippen molar-refractivity contribution in [1.82, 2.24) is 15.6 Å². The lowest BCUT2D eigenvalue weighted by molar-refractivity contribution is -0.385. The Hall–Kier alpha value is -3.24. The van der Waals surface area contributed by atoms with E-state index in [1.165, 1.54) is 41.0 Å². The van der Waals surface area contributed by atoms with Gasteiger partial charge in [0.25, 0.3) is 11.6 Å². The molecule has 3 atom stereocenters. The Labute approximate surface area is 252 Å². The second kappa shape index (κ2) is 19.0. The van der Waals surface area contributed by atoms with Gasteiger partial charge >= 0.3 is 5.97 Å². The molecular weight excluding hydrogens is 588 g/mol. The van der Waals surface area contributed by atoms with Gasteiger partial charge in [0.05, 0.1) is 24.1 Å². The molecule has 0 aliphatic rings. The molecule has 0 saturated carbocycles. The summed E-state index contributed by atoms with van der Waals surface area (Å²) in [6, 6.07) is 10.2. The zero-order valence-corrected chi connectivity index (χ0v) is 25.3. The van der Waals surface area contributed by atoms with Crippen LogP contribution in [0.25, 0.3) is 0 Å². The van der Waals surface area contributed by atoms with Crippen LogP contribution < -0.4 is 10.6 Å². The predicted molar refractivity (Wildman–Crippen MR) is 158 cm³/mol. The van der Waals surface area contributed by atoms with Gasteiger partial charge in [0.1, 0.15) is 17.8 Å². The van der Waals surface area contributed by atoms with E-state index in [4.69, 9.17) is 14.2 Å². The predicted octanol–water partition coefficient (Wildman–Crippen LogP) is 3.42. The van der Waals surface area contributed by atoms with E-state index < -0.39 is 23.3 Å². The summed E-state index contributed by atoms with van der Waals surface area (Å²) in [5.41, 5.74) is 1.41. The number of rotatable bonds is 19. The standard InChI is InChI=1S/C27H36N4O9S2/c1-4-22(16-32)40-26(38-3)17-39-25(34)12-10-23(33)28-13-14-29-27(35)20-7-5-19(6-8-20)18(2)41-42-24-11-9-21(15-30-24)31(36)37/h5-9,11,15,18,22,26,32H,4,10,12-14,16-17H2,1-3H3,(H,28,33)(H,29,35). The highest BCUT2D eigenvalue weighted by atomic mass is 33.1. The third kappa shape index (κ3) is 12.7. The summed E-state index contributed by atoms with van der Waals surface area (Å²) in [5.74, 6) is -1.23. The number of aliphatic hydroxyl groups is 1. The van der Waals surface area contributed by atoms with Crippen molar-refractivity contribution < 1.29 is 38.6 Å². The molecule has 13 nitrogen and oxygen atoms in total. The van der Waals surface area contributed by atoms with Gasteiger partial charge in [-0.3, -0.25) is 24.5 Å². The zero-order chi connectivity index (χ0) is 30.9. The Morgan fingerprint density at radius 2 is 1.81 bits per heavy atom. The first-order valence-corrected chi connectivity index (χ1v) is 15.4. The lowest BCUT2D eigenvalue weighted by Gasteiger charge is -2.21. The molecule has 2 rings (SSSR count). The number of hydrogen-bond acceptors (Lipinski definition) is 12. The van der Waals surface area contributed by atoms with Gasteiger partial charge in [-0.2, -0.15) is 0 Å². The number of pyridine rings is 1. The van der Waals surface area contributed by atoms with Gasteiger partial charge in [-0.05, 0) is 47.9 Å². The van der Waals surface area contributed by atoms with Crippen LogP contribution in [0.2, 0.25) is 0 Å². The SMILES string of the molecule is CCC(CO)OC(COC(=O)CCC(=O)NCCNC(=O)c1ccc(C(C)SSc2ccc([N+](=O)[O-])cn2)cc1)OC. The van der Waals surface area contributed by atoms with Crippen molar-refractivity contribution in [1.29, 1.82) is 0 Å². The lowest BCUT2D eigenvalue weighted by Crippen LogP contribution is -2.35. The molecule has 230 valence electrons. The van der Waals surface area contributed by atoms with Gasteiger partial charge in [-0.1, -0.05) is 29.9 Å². The second-order valence-corrected chi connectivity index (χ2v) is 11.4. The molecule has 0 aliphatic heterocycles. The Bertz CT molecular complexity index is 1150. The minimum absolute atomic E-state index is 0.0595. The largest absolute Gasteiger partial charge is 0.460 e. The Morgan fingerprint density at radius 1 is 1.10 bits per heavy atom. The molecule has 0 radical (unpaired) electrons. The fourth-order valence-electron chi connectivity index (χ4n) is 3.28. The number of amides is 2. The van der Waals surface area contributed by atoms with Crippen molar-refractivity contribution in [3.05, 3.63) is 63.8 Å². The number of methoxy groups -OCH3 is 1. The molecule has 3 unspecified atom stereocenters. The summed E-state index contributed by atoms with van der Waals surface area (Å²) in [7, 11) is 4.35. The monoisotopic (exact) mass is 624 g/mol. The number of aromatic nitrogens is 1. The molecule has 42 heavy (non-hydrogen) atoms. The topological polar surface area (TPSA) is 179 Å². The number of nitro groups is 1. The van der Waals surface area contributed by atoms with Crippen molar-refractivity contribution >= 4 is 45.1 Å². The van der Waals surface area contributed by atoms with Crippen LogP contribution in [0.5, 0.6) is 0 Å². The molecule has 2 aromatic rings. The van der Waals surface area contributed by atoms with Crippen LogP contribution in [-0.2, 0) is 23.8 Å². The van der Waals surface area contributed by atoms with Crippen LogP contribution in [-0.4, -0.2) is 78.6 Å². The third-order valence-electron chi connectivity index (χ3n) is 5.79. The van der Waals surface area contributed by atoms with Crippen LogP contribution in [0.4, 0.5) is 5.69 Å². The molecule has 0 spiro atoms. The summed E-state index contributed by atoms with van der Waals surface area (Å²) < 4.78 is 15.6. The van der Waals surface area contributed by atoms with Gasteiger partial charge in [0, 0.05) is 43.5 Å². The summed E-state index contributed by atoms with van der Waals surface area (Å²) >= 11 is 0. The summed E-state index contributed by atoms with van der Waals surface area (Å²) in [5, 5.41) is 26.0. The molecule has 0 bridgehead atoms. The summed E-state index contributed by atoms with van der Waals surface area (Å²) in [4.78, 5) is 50.7. The van der Waals surface area contributed by atoms with Crippen molar-refractivity contribution in [3.8, 4) is 0 Å². The summed E-state index contributed by atoms with van der Waals surface area (Å²) in [6.45, 7) is 3.91. The molecule has 3 N–H and O–H groups in total. The number of hydrogen-bond donors (Lipinski definition) is 3. The van der Waals surface area contributed by atoms with Crippen LogP contribution in [0.15, 0.2) is 47.6 Å². The Kier molecular flexibility index (Phi) is 15.9. The van der Waals surface area contributed by atoms with Crippen molar-refractivity contribution in [2.45, 2.75) is 55.8 Å². The maximum atomic E-state index is 12.4. The van der Waals surface area contributed by atoms with Gasteiger partial charge in [0.2, 0.25) is 5.91 Å². The number of benzene rings is 1. The van der Waals surface area contributed by atoms with E-state index in [0.717, 1.165) is 5.56 Å². The van der Waals surface area contributed by atoms with E-state index in [9.17, 15) is 29.6 Å². The minimum Gasteiger partial charge on any atom is -0.460 e.